The van der Waals surface area contributed by atoms with Crippen molar-refractivity contribution in [3.8, 4) is 0 Å². The van der Waals surface area contributed by atoms with Gasteiger partial charge in [0.1, 0.15) is 0 Å². The van der Waals surface area contributed by atoms with E-state index in [4.69, 9.17) is 4.74 Å². The van der Waals surface area contributed by atoms with Gasteiger partial charge in [-0.1, -0.05) is 24.3 Å². The van der Waals surface area contributed by atoms with E-state index in [0.29, 0.717) is 5.56 Å². The van der Waals surface area contributed by atoms with Crippen LogP contribution in [0.25, 0.3) is 0 Å². The Bertz CT molecular complexity index is 460. The Hall–Kier alpha value is -1.65. The molecule has 1 aromatic carbocycles. The zero-order chi connectivity index (χ0) is 13.3. The molecule has 98 valence electrons. The number of hydrogen-bond acceptors (Lipinski definition) is 2. The normalized spacial score (nSPS) is 17.5. The highest BCUT2D eigenvalue weighted by Crippen LogP contribution is 2.36. The summed E-state index contributed by atoms with van der Waals surface area (Å²) in [5.41, 5.74) is 0.466. The zero-order valence-corrected chi connectivity index (χ0v) is 10.3. The summed E-state index contributed by atoms with van der Waals surface area (Å²) in [6, 6.07) is 6.28. The number of rotatable bonds is 1. The lowest BCUT2D eigenvalue weighted by atomic mass is 9.97. The van der Waals surface area contributed by atoms with Crippen LogP contribution in [0.4, 0.5) is 13.6 Å². The Morgan fingerprint density at radius 3 is 2.72 bits per heavy atom. The molecule has 0 bridgehead atoms. The second-order valence-corrected chi connectivity index (χ2v) is 4.65. The summed E-state index contributed by atoms with van der Waals surface area (Å²) in [6.45, 7) is 2.91. The van der Waals surface area contributed by atoms with E-state index in [1.807, 2.05) is 0 Å². The molecule has 0 aliphatic carbocycles. The highest BCUT2D eigenvalue weighted by Gasteiger charge is 2.42. The fraction of sp³-hybridized carbons (Fsp3) is 0.462. The van der Waals surface area contributed by atoms with E-state index in [0.717, 1.165) is 4.90 Å². The fourth-order valence-corrected chi connectivity index (χ4v) is 2.01. The molecule has 0 atom stereocenters. The maximum absolute atomic E-state index is 13.9. The van der Waals surface area contributed by atoms with E-state index in [1.165, 1.54) is 6.07 Å². The van der Waals surface area contributed by atoms with Gasteiger partial charge in [0.05, 0.1) is 12.6 Å². The predicted molar refractivity (Wildman–Crippen MR) is 62.4 cm³/mol. The molecule has 0 unspecified atom stereocenters. The number of nitrogens with zero attached hydrogens (tertiary/aromatic N) is 1. The molecule has 2 rings (SSSR count). The standard InChI is InChI=1S/C13H15F2NO2/c1-9(2)18-12(17)16-7-10-5-3-4-6-11(10)13(14,15)8-16/h3-6,9H,7-8H2,1-2H3. The zero-order valence-electron chi connectivity index (χ0n) is 10.3. The lowest BCUT2D eigenvalue weighted by Crippen LogP contribution is -2.44. The molecule has 0 saturated carbocycles. The van der Waals surface area contributed by atoms with Crippen molar-refractivity contribution in [2.75, 3.05) is 6.54 Å². The van der Waals surface area contributed by atoms with Crippen LogP contribution in [0.5, 0.6) is 0 Å². The van der Waals surface area contributed by atoms with Gasteiger partial charge in [-0.2, -0.15) is 8.78 Å². The number of carbonyl (C=O) groups excluding carboxylic acids is 1. The first-order chi connectivity index (χ1) is 8.40. The van der Waals surface area contributed by atoms with Crippen LogP contribution >= 0.6 is 0 Å². The lowest BCUT2D eigenvalue weighted by molar-refractivity contribution is -0.0522. The van der Waals surface area contributed by atoms with Crippen molar-refractivity contribution in [3.05, 3.63) is 35.4 Å². The molecule has 0 aromatic heterocycles. The fourth-order valence-electron chi connectivity index (χ4n) is 2.01. The van der Waals surface area contributed by atoms with Crippen LogP contribution < -0.4 is 0 Å². The molecule has 1 aliphatic rings. The van der Waals surface area contributed by atoms with Crippen LogP contribution in [-0.2, 0) is 17.2 Å². The summed E-state index contributed by atoms with van der Waals surface area (Å²) in [4.78, 5) is 12.7. The summed E-state index contributed by atoms with van der Waals surface area (Å²) in [7, 11) is 0. The van der Waals surface area contributed by atoms with Crippen molar-refractivity contribution in [2.45, 2.75) is 32.4 Å². The summed E-state index contributed by atoms with van der Waals surface area (Å²) < 4.78 is 32.7. The third kappa shape index (κ3) is 2.44. The van der Waals surface area contributed by atoms with Gasteiger partial charge >= 0.3 is 6.09 Å². The third-order valence-electron chi connectivity index (χ3n) is 2.76. The number of carbonyl (C=O) groups is 1. The Morgan fingerprint density at radius 1 is 1.39 bits per heavy atom. The number of fused-ring (bicyclic) bond motifs is 1. The van der Waals surface area contributed by atoms with Crippen molar-refractivity contribution in [1.82, 2.24) is 4.90 Å². The molecule has 0 spiro atoms. The van der Waals surface area contributed by atoms with Gasteiger partial charge in [-0.15, -0.1) is 0 Å². The van der Waals surface area contributed by atoms with Crippen LogP contribution in [-0.4, -0.2) is 23.6 Å². The average molecular weight is 255 g/mol. The predicted octanol–water partition coefficient (Wildman–Crippen LogP) is 3.14. The largest absolute Gasteiger partial charge is 0.447 e. The van der Waals surface area contributed by atoms with Crippen LogP contribution in [0.1, 0.15) is 25.0 Å². The number of benzene rings is 1. The first-order valence-electron chi connectivity index (χ1n) is 5.82. The molecule has 1 aromatic rings. The van der Waals surface area contributed by atoms with Crippen molar-refractivity contribution < 1.29 is 18.3 Å². The highest BCUT2D eigenvalue weighted by atomic mass is 19.3. The number of hydrogen-bond donors (Lipinski definition) is 0. The summed E-state index contributed by atoms with van der Waals surface area (Å²) in [5, 5.41) is 0. The van der Waals surface area contributed by atoms with E-state index in [9.17, 15) is 13.6 Å². The number of halogens is 2. The minimum atomic E-state index is -3.02. The number of ether oxygens (including phenoxy) is 1. The molecule has 18 heavy (non-hydrogen) atoms. The minimum absolute atomic E-state index is 0.00130. The molecule has 1 aliphatic heterocycles. The Labute approximate surface area is 104 Å². The molecule has 0 fully saturated rings. The van der Waals surface area contributed by atoms with Crippen molar-refractivity contribution in [2.24, 2.45) is 0 Å². The van der Waals surface area contributed by atoms with Crippen molar-refractivity contribution >= 4 is 6.09 Å². The van der Waals surface area contributed by atoms with Crippen molar-refractivity contribution in [3.63, 3.8) is 0 Å². The van der Waals surface area contributed by atoms with Gasteiger partial charge in [0.15, 0.2) is 0 Å². The molecular formula is C13H15F2NO2. The van der Waals surface area contributed by atoms with E-state index in [2.05, 4.69) is 0 Å². The smallest absolute Gasteiger partial charge is 0.410 e. The second kappa shape index (κ2) is 4.55. The van der Waals surface area contributed by atoms with Crippen LogP contribution in [0.15, 0.2) is 24.3 Å². The first kappa shape index (κ1) is 12.8. The van der Waals surface area contributed by atoms with Gasteiger partial charge in [-0.05, 0) is 19.4 Å². The molecule has 0 saturated heterocycles. The van der Waals surface area contributed by atoms with Crippen LogP contribution in [0.2, 0.25) is 0 Å². The Morgan fingerprint density at radius 2 is 2.06 bits per heavy atom. The van der Waals surface area contributed by atoms with Crippen LogP contribution in [0, 0.1) is 0 Å². The SMILES string of the molecule is CC(C)OC(=O)N1Cc2ccccc2C(F)(F)C1. The topological polar surface area (TPSA) is 29.5 Å². The molecule has 5 heteroatoms. The summed E-state index contributed by atoms with van der Waals surface area (Å²) >= 11 is 0. The molecule has 0 N–H and O–H groups in total. The van der Waals surface area contributed by atoms with E-state index in [-0.39, 0.29) is 18.2 Å². The van der Waals surface area contributed by atoms with E-state index >= 15 is 0 Å². The molecule has 1 amide bonds. The summed E-state index contributed by atoms with van der Waals surface area (Å²) in [5.74, 6) is -3.02. The van der Waals surface area contributed by atoms with Gasteiger partial charge in [0, 0.05) is 12.1 Å². The number of alkyl halides is 2. The first-order valence-corrected chi connectivity index (χ1v) is 5.82. The van der Waals surface area contributed by atoms with Crippen molar-refractivity contribution in [1.29, 1.82) is 0 Å². The maximum atomic E-state index is 13.9. The monoisotopic (exact) mass is 255 g/mol. The summed E-state index contributed by atoms with van der Waals surface area (Å²) in [6.07, 6.45) is -1.01. The Balaban J connectivity index is 2.24. The minimum Gasteiger partial charge on any atom is -0.447 e. The van der Waals surface area contributed by atoms with Gasteiger partial charge < -0.3 is 4.74 Å². The molecule has 1 heterocycles. The average Bonchev–Trinajstić information content (AvgIpc) is 2.27. The third-order valence-corrected chi connectivity index (χ3v) is 2.76. The van der Waals surface area contributed by atoms with Crippen LogP contribution in [0.3, 0.4) is 0 Å². The lowest BCUT2D eigenvalue weighted by Gasteiger charge is -2.34. The Kier molecular flexibility index (Phi) is 3.24. The quantitative estimate of drug-likeness (QED) is 0.771. The highest BCUT2D eigenvalue weighted by molar-refractivity contribution is 5.68. The van der Waals surface area contributed by atoms with Gasteiger partial charge in [-0.25, -0.2) is 4.79 Å². The number of amides is 1. The van der Waals surface area contributed by atoms with E-state index < -0.39 is 18.6 Å². The molecular weight excluding hydrogens is 240 g/mol. The molecule has 0 radical (unpaired) electrons. The van der Waals surface area contributed by atoms with Gasteiger partial charge in [-0.3, -0.25) is 4.90 Å². The maximum Gasteiger partial charge on any atom is 0.410 e. The van der Waals surface area contributed by atoms with Gasteiger partial charge in [0.25, 0.3) is 5.92 Å². The second-order valence-electron chi connectivity index (χ2n) is 4.65. The molecule has 3 nitrogen and oxygen atoms in total. The van der Waals surface area contributed by atoms with E-state index in [1.54, 1.807) is 32.0 Å². The van der Waals surface area contributed by atoms with Gasteiger partial charge in [0.2, 0.25) is 0 Å².